The van der Waals surface area contributed by atoms with Crippen molar-refractivity contribution >= 4 is 21.6 Å². The number of anilines is 1. The summed E-state index contributed by atoms with van der Waals surface area (Å²) < 4.78 is 23.3. The first-order chi connectivity index (χ1) is 11.3. The molecule has 2 heterocycles. The first-order valence-corrected chi connectivity index (χ1v) is 10.5. The summed E-state index contributed by atoms with van der Waals surface area (Å²) in [4.78, 5) is 16.2. The highest BCUT2D eigenvalue weighted by Crippen LogP contribution is 2.49. The largest absolute Gasteiger partial charge is 0.326 e. The Bertz CT molecular complexity index is 771. The number of sulfone groups is 1. The second-order valence-corrected chi connectivity index (χ2v) is 9.64. The normalized spacial score (nSPS) is 28.3. The Morgan fingerprint density at radius 3 is 2.46 bits per heavy atom. The number of hydrogen-bond donors (Lipinski definition) is 1. The Balaban J connectivity index is 1.54. The van der Waals surface area contributed by atoms with Crippen LogP contribution in [-0.4, -0.2) is 56.5 Å². The van der Waals surface area contributed by atoms with Crippen LogP contribution in [0.2, 0.25) is 0 Å². The van der Waals surface area contributed by atoms with Gasteiger partial charge in [-0.3, -0.25) is 4.90 Å². The monoisotopic (exact) mass is 349 g/mol. The molecule has 0 aromatic heterocycles. The number of carbonyl (C=O) groups is 1. The van der Waals surface area contributed by atoms with E-state index in [9.17, 15) is 13.2 Å². The van der Waals surface area contributed by atoms with Gasteiger partial charge in [-0.2, -0.15) is 0 Å². The van der Waals surface area contributed by atoms with Crippen molar-refractivity contribution in [2.24, 2.45) is 5.73 Å². The molecule has 1 aliphatic carbocycles. The Morgan fingerprint density at radius 1 is 1.25 bits per heavy atom. The summed E-state index contributed by atoms with van der Waals surface area (Å²) in [6, 6.07) is 8.01. The highest BCUT2D eigenvalue weighted by Gasteiger charge is 2.47. The maximum atomic E-state index is 12.5. The van der Waals surface area contributed by atoms with Crippen LogP contribution >= 0.6 is 0 Å². The fourth-order valence-electron chi connectivity index (χ4n) is 4.15. The fraction of sp³-hybridized carbons (Fsp3) is 0.588. The maximum absolute atomic E-state index is 12.5. The van der Waals surface area contributed by atoms with Crippen molar-refractivity contribution in [1.29, 1.82) is 0 Å². The average molecular weight is 349 g/mol. The molecule has 7 heteroatoms. The topological polar surface area (TPSA) is 83.7 Å². The lowest BCUT2D eigenvalue weighted by atomic mass is 9.98. The molecular formula is C17H23N3O3S. The molecule has 3 fully saturated rings. The van der Waals surface area contributed by atoms with E-state index in [4.69, 9.17) is 5.73 Å². The third-order valence-corrected chi connectivity index (χ3v) is 6.70. The summed E-state index contributed by atoms with van der Waals surface area (Å²) >= 11 is 0. The van der Waals surface area contributed by atoms with Crippen LogP contribution in [0.5, 0.6) is 0 Å². The van der Waals surface area contributed by atoms with Crippen molar-refractivity contribution in [1.82, 2.24) is 4.90 Å². The standard InChI is InChI=1S/C17H23N3O3S/c1-24(22,23)11-17(7-8-17)12-2-4-13(5-3-12)20-10-15-14(18)6-9-19(15)16(20)21/h2-5,14-15H,6-11,18H2,1H3/t14-,15-/m1/s1. The van der Waals surface area contributed by atoms with Gasteiger partial charge in [-0.05, 0) is 37.0 Å². The summed E-state index contributed by atoms with van der Waals surface area (Å²) in [6.45, 7) is 1.37. The van der Waals surface area contributed by atoms with Crippen molar-refractivity contribution in [2.75, 3.05) is 30.0 Å². The number of rotatable bonds is 4. The Labute approximate surface area is 142 Å². The lowest BCUT2D eigenvalue weighted by molar-refractivity contribution is 0.218. The number of fused-ring (bicyclic) bond motifs is 1. The van der Waals surface area contributed by atoms with Crippen molar-refractivity contribution in [2.45, 2.75) is 36.8 Å². The minimum absolute atomic E-state index is 0.0259. The maximum Gasteiger partial charge on any atom is 0.324 e. The Hall–Kier alpha value is -1.60. The van der Waals surface area contributed by atoms with Gasteiger partial charge in [0.2, 0.25) is 0 Å². The number of urea groups is 1. The van der Waals surface area contributed by atoms with Crippen molar-refractivity contribution in [3.8, 4) is 0 Å². The van der Waals surface area contributed by atoms with E-state index in [0.717, 1.165) is 37.1 Å². The molecule has 0 radical (unpaired) electrons. The van der Waals surface area contributed by atoms with Crippen LogP contribution < -0.4 is 10.6 Å². The van der Waals surface area contributed by atoms with Crippen molar-refractivity contribution < 1.29 is 13.2 Å². The zero-order valence-electron chi connectivity index (χ0n) is 13.8. The first kappa shape index (κ1) is 15.9. The van der Waals surface area contributed by atoms with Gasteiger partial charge in [-0.1, -0.05) is 12.1 Å². The minimum Gasteiger partial charge on any atom is -0.326 e. The predicted octanol–water partition coefficient (Wildman–Crippen LogP) is 1.10. The molecule has 2 amide bonds. The Kier molecular flexibility index (Phi) is 3.44. The molecule has 2 aliphatic heterocycles. The summed E-state index contributed by atoms with van der Waals surface area (Å²) in [6.07, 6.45) is 3.98. The van der Waals surface area contributed by atoms with Gasteiger partial charge < -0.3 is 10.6 Å². The number of amides is 2. The molecule has 4 rings (SSSR count). The number of nitrogens with two attached hydrogens (primary N) is 1. The van der Waals surface area contributed by atoms with Crippen molar-refractivity contribution in [3.63, 3.8) is 0 Å². The van der Waals surface area contributed by atoms with Crippen molar-refractivity contribution in [3.05, 3.63) is 29.8 Å². The molecule has 1 aromatic rings. The van der Waals surface area contributed by atoms with E-state index in [1.54, 1.807) is 4.90 Å². The van der Waals surface area contributed by atoms with Gasteiger partial charge in [0.1, 0.15) is 9.84 Å². The molecule has 1 saturated carbocycles. The van der Waals surface area contributed by atoms with Crippen LogP contribution in [0.15, 0.2) is 24.3 Å². The smallest absolute Gasteiger partial charge is 0.324 e. The lowest BCUT2D eigenvalue weighted by Gasteiger charge is -2.19. The molecule has 2 saturated heterocycles. The van der Waals surface area contributed by atoms with Crippen LogP contribution in [0.25, 0.3) is 0 Å². The second-order valence-electron chi connectivity index (χ2n) is 7.50. The van der Waals surface area contributed by atoms with Gasteiger partial charge >= 0.3 is 6.03 Å². The number of hydrogen-bond acceptors (Lipinski definition) is 4. The predicted molar refractivity (Wildman–Crippen MR) is 92.9 cm³/mol. The summed E-state index contributed by atoms with van der Waals surface area (Å²) in [5.74, 6) is 0.201. The zero-order valence-corrected chi connectivity index (χ0v) is 14.6. The summed E-state index contributed by atoms with van der Waals surface area (Å²) in [5, 5.41) is 0. The molecule has 2 N–H and O–H groups in total. The van der Waals surface area contributed by atoms with Crippen LogP contribution in [0.4, 0.5) is 10.5 Å². The van der Waals surface area contributed by atoms with Gasteiger partial charge in [0.15, 0.2) is 0 Å². The SMILES string of the molecule is CS(=O)(=O)CC1(c2ccc(N3C[C@@H]4[C@H](N)CCN4C3=O)cc2)CC1. The number of benzene rings is 1. The van der Waals surface area contributed by atoms with E-state index in [1.165, 1.54) is 6.26 Å². The quantitative estimate of drug-likeness (QED) is 0.882. The minimum atomic E-state index is -3.00. The van der Waals surface area contributed by atoms with E-state index >= 15 is 0 Å². The van der Waals surface area contributed by atoms with Gasteiger partial charge in [0.05, 0.1) is 11.8 Å². The van der Waals surface area contributed by atoms with Crippen LogP contribution in [0.3, 0.4) is 0 Å². The molecule has 3 aliphatic rings. The zero-order chi connectivity index (χ0) is 17.1. The average Bonchev–Trinajstić information content (AvgIpc) is 3.07. The first-order valence-electron chi connectivity index (χ1n) is 8.41. The number of nitrogens with zero attached hydrogens (tertiary/aromatic N) is 2. The van der Waals surface area contributed by atoms with Gasteiger partial charge in [0.25, 0.3) is 0 Å². The lowest BCUT2D eigenvalue weighted by Crippen LogP contribution is -2.37. The molecule has 130 valence electrons. The second kappa shape index (κ2) is 5.20. The van der Waals surface area contributed by atoms with Gasteiger partial charge in [-0.25, -0.2) is 13.2 Å². The van der Waals surface area contributed by atoms with E-state index in [0.29, 0.717) is 6.54 Å². The van der Waals surface area contributed by atoms with E-state index < -0.39 is 9.84 Å². The third-order valence-electron chi connectivity index (χ3n) is 5.63. The van der Waals surface area contributed by atoms with Gasteiger partial charge in [-0.15, -0.1) is 0 Å². The van der Waals surface area contributed by atoms with Gasteiger partial charge in [0, 0.05) is 36.5 Å². The molecular weight excluding hydrogens is 326 g/mol. The molecule has 0 unspecified atom stereocenters. The molecule has 0 spiro atoms. The molecule has 6 nitrogen and oxygen atoms in total. The highest BCUT2D eigenvalue weighted by molar-refractivity contribution is 7.90. The third kappa shape index (κ3) is 2.59. The van der Waals surface area contributed by atoms with Crippen LogP contribution in [-0.2, 0) is 15.3 Å². The van der Waals surface area contributed by atoms with Crippen LogP contribution in [0, 0.1) is 0 Å². The number of carbonyl (C=O) groups excluding carboxylic acids is 1. The highest BCUT2D eigenvalue weighted by atomic mass is 32.2. The summed E-state index contributed by atoms with van der Waals surface area (Å²) in [7, 11) is -3.00. The van der Waals surface area contributed by atoms with E-state index in [2.05, 4.69) is 0 Å². The molecule has 0 bridgehead atoms. The molecule has 1 aromatic carbocycles. The van der Waals surface area contributed by atoms with E-state index in [-0.39, 0.29) is 29.3 Å². The summed E-state index contributed by atoms with van der Waals surface area (Å²) in [5.41, 5.74) is 7.79. The Morgan fingerprint density at radius 2 is 1.92 bits per heavy atom. The molecule has 2 atom stereocenters. The molecule has 24 heavy (non-hydrogen) atoms. The fourth-order valence-corrected chi connectivity index (χ4v) is 5.61. The van der Waals surface area contributed by atoms with E-state index in [1.807, 2.05) is 29.2 Å². The van der Waals surface area contributed by atoms with Crippen LogP contribution in [0.1, 0.15) is 24.8 Å².